The van der Waals surface area contributed by atoms with Crippen molar-refractivity contribution < 1.29 is 15.0 Å². The van der Waals surface area contributed by atoms with Crippen LogP contribution in [-0.4, -0.2) is 16.2 Å². The monoisotopic (exact) mass is 332 g/mol. The zero-order valence-corrected chi connectivity index (χ0v) is 14.0. The van der Waals surface area contributed by atoms with E-state index in [0.717, 1.165) is 11.1 Å². The van der Waals surface area contributed by atoms with Crippen LogP contribution in [0.3, 0.4) is 0 Å². The second-order valence-corrected chi connectivity index (χ2v) is 6.27. The Bertz CT molecular complexity index is 837. The number of carbonyl (C=O) groups is 1. The number of carboxylic acid groups (broad SMARTS) is 1. The summed E-state index contributed by atoms with van der Waals surface area (Å²) in [5.74, 6) is -2.11. The normalized spacial score (nSPS) is 14.5. The van der Waals surface area contributed by atoms with Crippen LogP contribution in [0.4, 0.5) is 0 Å². The Kier molecular flexibility index (Phi) is 4.68. The molecule has 0 aromatic heterocycles. The molecule has 126 valence electrons. The van der Waals surface area contributed by atoms with Gasteiger partial charge in [0.2, 0.25) is 0 Å². The van der Waals surface area contributed by atoms with Gasteiger partial charge in [0.15, 0.2) is 0 Å². The minimum absolute atomic E-state index is 0.570. The van der Waals surface area contributed by atoms with E-state index in [2.05, 4.69) is 0 Å². The van der Waals surface area contributed by atoms with Crippen molar-refractivity contribution in [3.8, 4) is 11.1 Å². The molecule has 0 aliphatic rings. The highest BCUT2D eigenvalue weighted by atomic mass is 16.4. The predicted molar refractivity (Wildman–Crippen MR) is 98.3 cm³/mol. The first-order valence-corrected chi connectivity index (χ1v) is 8.16. The molecule has 3 nitrogen and oxygen atoms in total. The summed E-state index contributed by atoms with van der Waals surface area (Å²) >= 11 is 0. The first kappa shape index (κ1) is 16.9. The van der Waals surface area contributed by atoms with E-state index in [1.165, 1.54) is 0 Å². The molecule has 3 heteroatoms. The molecule has 0 aliphatic heterocycles. The molecule has 25 heavy (non-hydrogen) atoms. The van der Waals surface area contributed by atoms with E-state index in [9.17, 15) is 15.0 Å². The topological polar surface area (TPSA) is 57.5 Å². The summed E-state index contributed by atoms with van der Waals surface area (Å²) in [5.41, 5.74) is 1.71. The molecule has 0 radical (unpaired) electrons. The quantitative estimate of drug-likeness (QED) is 0.727. The maximum Gasteiger partial charge on any atom is 0.314 e. The largest absolute Gasteiger partial charge is 0.481 e. The molecule has 0 bridgehead atoms. The maximum atomic E-state index is 11.9. The van der Waals surface area contributed by atoms with E-state index in [1.807, 2.05) is 48.5 Å². The minimum Gasteiger partial charge on any atom is -0.481 e. The van der Waals surface area contributed by atoms with Crippen LogP contribution in [0.2, 0.25) is 0 Å². The highest BCUT2D eigenvalue weighted by Gasteiger charge is 2.40. The van der Waals surface area contributed by atoms with Gasteiger partial charge in [-0.25, -0.2) is 0 Å². The number of aliphatic hydroxyl groups is 1. The number of benzene rings is 3. The molecule has 0 fully saturated rings. The molecular weight excluding hydrogens is 312 g/mol. The van der Waals surface area contributed by atoms with Gasteiger partial charge in [0.05, 0.1) is 0 Å². The van der Waals surface area contributed by atoms with Crippen molar-refractivity contribution in [1.82, 2.24) is 0 Å². The van der Waals surface area contributed by atoms with Gasteiger partial charge in [0.25, 0.3) is 0 Å². The van der Waals surface area contributed by atoms with Gasteiger partial charge < -0.3 is 10.2 Å². The van der Waals surface area contributed by atoms with E-state index >= 15 is 0 Å². The third kappa shape index (κ3) is 3.47. The summed E-state index contributed by atoms with van der Waals surface area (Å²) in [5, 5.41) is 20.7. The lowest BCUT2D eigenvalue weighted by molar-refractivity contribution is -0.145. The average molecular weight is 332 g/mol. The molecular formula is C22H20O3. The van der Waals surface area contributed by atoms with Crippen LogP contribution in [0.25, 0.3) is 11.1 Å². The first-order chi connectivity index (χ1) is 12.0. The molecule has 0 heterocycles. The lowest BCUT2D eigenvalue weighted by Crippen LogP contribution is -2.35. The molecule has 3 rings (SSSR count). The van der Waals surface area contributed by atoms with Gasteiger partial charge in [-0.3, -0.25) is 4.79 Å². The molecule has 3 aromatic carbocycles. The highest BCUT2D eigenvalue weighted by Crippen LogP contribution is 2.37. The number of rotatable bonds is 5. The summed E-state index contributed by atoms with van der Waals surface area (Å²) in [6, 6.07) is 26.1. The molecule has 0 saturated carbocycles. The molecule has 0 spiro atoms. The Hall–Kier alpha value is -2.91. The van der Waals surface area contributed by atoms with E-state index in [4.69, 9.17) is 0 Å². The molecule has 0 saturated heterocycles. The average Bonchev–Trinajstić information content (AvgIpc) is 2.63. The summed E-state index contributed by atoms with van der Waals surface area (Å²) in [6.45, 7) is 1.55. The van der Waals surface area contributed by atoms with Crippen molar-refractivity contribution in [3.05, 3.63) is 96.1 Å². The fourth-order valence-corrected chi connectivity index (χ4v) is 3.15. The van der Waals surface area contributed by atoms with Gasteiger partial charge >= 0.3 is 5.97 Å². The highest BCUT2D eigenvalue weighted by molar-refractivity contribution is 5.78. The summed E-state index contributed by atoms with van der Waals surface area (Å²) in [4.78, 5) is 11.9. The Morgan fingerprint density at radius 3 is 1.80 bits per heavy atom. The van der Waals surface area contributed by atoms with Gasteiger partial charge in [-0.1, -0.05) is 84.9 Å². The third-order valence-electron chi connectivity index (χ3n) is 4.52. The van der Waals surface area contributed by atoms with Crippen molar-refractivity contribution in [2.24, 2.45) is 0 Å². The van der Waals surface area contributed by atoms with Crippen molar-refractivity contribution in [1.29, 1.82) is 0 Å². The van der Waals surface area contributed by atoms with Crippen molar-refractivity contribution >= 4 is 5.97 Å². The number of hydrogen-bond donors (Lipinski definition) is 2. The lowest BCUT2D eigenvalue weighted by Gasteiger charge is -2.31. The SMILES string of the molecule is C[C@](O)(c1ccccc1)[C@@H](C(=O)O)c1ccc(-c2ccccc2)cc1. The van der Waals surface area contributed by atoms with Crippen LogP contribution in [0.1, 0.15) is 24.0 Å². The van der Waals surface area contributed by atoms with Crippen molar-refractivity contribution in [2.75, 3.05) is 0 Å². The molecule has 2 atom stereocenters. The third-order valence-corrected chi connectivity index (χ3v) is 4.52. The number of carboxylic acids is 1. The van der Waals surface area contributed by atoms with Crippen LogP contribution in [0, 0.1) is 0 Å². The van der Waals surface area contributed by atoms with Gasteiger partial charge in [-0.2, -0.15) is 0 Å². The molecule has 2 N–H and O–H groups in total. The lowest BCUT2D eigenvalue weighted by atomic mass is 9.78. The maximum absolute atomic E-state index is 11.9. The summed E-state index contributed by atoms with van der Waals surface area (Å²) < 4.78 is 0. The predicted octanol–water partition coefficient (Wildman–Crippen LogP) is 4.43. The Morgan fingerprint density at radius 1 is 0.800 bits per heavy atom. The van der Waals surface area contributed by atoms with Gasteiger partial charge in [-0.05, 0) is 29.2 Å². The Morgan fingerprint density at radius 2 is 1.28 bits per heavy atom. The van der Waals surface area contributed by atoms with Crippen LogP contribution in [0.5, 0.6) is 0 Å². The summed E-state index contributed by atoms with van der Waals surface area (Å²) in [7, 11) is 0. The van der Waals surface area contributed by atoms with Crippen LogP contribution in [0.15, 0.2) is 84.9 Å². The fraction of sp³-hybridized carbons (Fsp3) is 0.136. The first-order valence-electron chi connectivity index (χ1n) is 8.16. The molecule has 0 aliphatic carbocycles. The van der Waals surface area contributed by atoms with E-state index in [0.29, 0.717) is 11.1 Å². The van der Waals surface area contributed by atoms with E-state index < -0.39 is 17.5 Å². The molecule has 0 unspecified atom stereocenters. The smallest absolute Gasteiger partial charge is 0.314 e. The summed E-state index contributed by atoms with van der Waals surface area (Å²) in [6.07, 6.45) is 0. The molecule has 0 amide bonds. The van der Waals surface area contributed by atoms with E-state index in [-0.39, 0.29) is 0 Å². The van der Waals surface area contributed by atoms with Crippen LogP contribution in [-0.2, 0) is 10.4 Å². The van der Waals surface area contributed by atoms with E-state index in [1.54, 1.807) is 43.3 Å². The second kappa shape index (κ2) is 6.91. The van der Waals surface area contributed by atoms with Crippen LogP contribution < -0.4 is 0 Å². The van der Waals surface area contributed by atoms with Gasteiger partial charge in [-0.15, -0.1) is 0 Å². The Balaban J connectivity index is 1.98. The zero-order valence-electron chi connectivity index (χ0n) is 14.0. The zero-order chi connectivity index (χ0) is 17.9. The molecule has 3 aromatic rings. The second-order valence-electron chi connectivity index (χ2n) is 6.27. The minimum atomic E-state index is -1.51. The van der Waals surface area contributed by atoms with Gasteiger partial charge in [0.1, 0.15) is 11.5 Å². The van der Waals surface area contributed by atoms with Gasteiger partial charge in [0, 0.05) is 0 Å². The van der Waals surface area contributed by atoms with Crippen LogP contribution >= 0.6 is 0 Å². The van der Waals surface area contributed by atoms with Crippen molar-refractivity contribution in [2.45, 2.75) is 18.4 Å². The number of hydrogen-bond acceptors (Lipinski definition) is 2. The standard InChI is InChI=1S/C22H20O3/c1-22(25,19-10-6-3-7-11-19)20(21(23)24)18-14-12-17(13-15-18)16-8-4-2-5-9-16/h2-15,20,25H,1H3,(H,23,24)/t20-,22+/m1/s1. The number of aliphatic carboxylic acids is 1. The van der Waals surface area contributed by atoms with Crippen molar-refractivity contribution in [3.63, 3.8) is 0 Å². The Labute approximate surface area is 147 Å². The fourth-order valence-electron chi connectivity index (χ4n) is 3.15.